The lowest BCUT2D eigenvalue weighted by molar-refractivity contribution is 0.590. The first-order valence-electron chi connectivity index (χ1n) is 6.30. The smallest absolute Gasteiger partial charge is 0.0248 e. The molecular weight excluding hydrogens is 206 g/mol. The van der Waals surface area contributed by atoms with Crippen LogP contribution >= 0.6 is 0 Å². The molecule has 94 valence electrons. The summed E-state index contributed by atoms with van der Waals surface area (Å²) in [4.78, 5) is 0. The standard InChI is InChI=1S/C16H25N/c1-12(13(2)17-6)11-14-7-9-15(10-8-14)16(3,4)5/h7-11,13,17H,1-6H3/b12-11+. The average Bonchev–Trinajstić information content (AvgIpc) is 2.27. The third-order valence-corrected chi connectivity index (χ3v) is 3.29. The van der Waals surface area contributed by atoms with Gasteiger partial charge in [0.05, 0.1) is 0 Å². The number of rotatable bonds is 3. The molecule has 0 aliphatic heterocycles. The first-order valence-corrected chi connectivity index (χ1v) is 6.30. The number of hydrogen-bond donors (Lipinski definition) is 1. The monoisotopic (exact) mass is 231 g/mol. The van der Waals surface area contributed by atoms with Crippen LogP contribution in [0, 0.1) is 0 Å². The number of likely N-dealkylation sites (N-methyl/N-ethyl adjacent to an activating group) is 1. The first kappa shape index (κ1) is 14.0. The second kappa shape index (κ2) is 5.50. The van der Waals surface area contributed by atoms with Crippen molar-refractivity contribution in [2.75, 3.05) is 7.05 Å². The Kier molecular flexibility index (Phi) is 4.53. The van der Waals surface area contributed by atoms with Gasteiger partial charge in [-0.3, -0.25) is 0 Å². The van der Waals surface area contributed by atoms with Crippen LogP contribution in [0.25, 0.3) is 6.08 Å². The first-order chi connectivity index (χ1) is 7.84. The van der Waals surface area contributed by atoms with Crippen molar-refractivity contribution in [1.29, 1.82) is 0 Å². The molecule has 0 saturated carbocycles. The SMILES string of the molecule is CNC(C)/C(C)=C/c1ccc(C(C)(C)C)cc1. The van der Waals surface area contributed by atoms with E-state index in [1.165, 1.54) is 16.7 Å². The van der Waals surface area contributed by atoms with Gasteiger partial charge >= 0.3 is 0 Å². The summed E-state index contributed by atoms with van der Waals surface area (Å²) in [7, 11) is 1.99. The van der Waals surface area contributed by atoms with Crippen molar-refractivity contribution in [3.63, 3.8) is 0 Å². The van der Waals surface area contributed by atoms with Crippen molar-refractivity contribution in [2.24, 2.45) is 0 Å². The second-order valence-electron chi connectivity index (χ2n) is 5.77. The maximum Gasteiger partial charge on any atom is 0.0248 e. The summed E-state index contributed by atoms with van der Waals surface area (Å²) in [5.41, 5.74) is 4.25. The third-order valence-electron chi connectivity index (χ3n) is 3.29. The summed E-state index contributed by atoms with van der Waals surface area (Å²) in [5, 5.41) is 3.25. The lowest BCUT2D eigenvalue weighted by Gasteiger charge is -2.19. The van der Waals surface area contributed by atoms with Gasteiger partial charge in [0.25, 0.3) is 0 Å². The number of nitrogens with one attached hydrogen (secondary N) is 1. The molecule has 0 radical (unpaired) electrons. The highest BCUT2D eigenvalue weighted by Gasteiger charge is 2.12. The highest BCUT2D eigenvalue weighted by Crippen LogP contribution is 2.22. The molecule has 0 aliphatic rings. The molecule has 1 nitrogen and oxygen atoms in total. The van der Waals surface area contributed by atoms with E-state index in [1.807, 2.05) is 7.05 Å². The fourth-order valence-electron chi connectivity index (χ4n) is 1.69. The molecule has 1 N–H and O–H groups in total. The molecule has 1 rings (SSSR count). The Balaban J connectivity index is 2.89. The molecule has 0 heterocycles. The Morgan fingerprint density at radius 2 is 1.71 bits per heavy atom. The van der Waals surface area contributed by atoms with Gasteiger partial charge in [-0.2, -0.15) is 0 Å². The van der Waals surface area contributed by atoms with E-state index in [9.17, 15) is 0 Å². The van der Waals surface area contributed by atoms with Gasteiger partial charge in [-0.25, -0.2) is 0 Å². The van der Waals surface area contributed by atoms with Crippen molar-refractivity contribution in [2.45, 2.75) is 46.1 Å². The number of benzene rings is 1. The van der Waals surface area contributed by atoms with Crippen LogP contribution in [-0.2, 0) is 5.41 Å². The zero-order valence-corrected chi connectivity index (χ0v) is 12.0. The summed E-state index contributed by atoms with van der Waals surface area (Å²) in [5.74, 6) is 0. The summed E-state index contributed by atoms with van der Waals surface area (Å²) in [6.07, 6.45) is 2.24. The lowest BCUT2D eigenvalue weighted by atomic mass is 9.86. The Bertz CT molecular complexity index is 379. The minimum Gasteiger partial charge on any atom is -0.314 e. The highest BCUT2D eigenvalue weighted by atomic mass is 14.8. The molecule has 1 atom stereocenters. The van der Waals surface area contributed by atoms with Gasteiger partial charge in [-0.15, -0.1) is 0 Å². The van der Waals surface area contributed by atoms with Crippen LogP contribution in [0.3, 0.4) is 0 Å². The predicted molar refractivity (Wildman–Crippen MR) is 77.3 cm³/mol. The minimum absolute atomic E-state index is 0.232. The summed E-state index contributed by atoms with van der Waals surface area (Å²) < 4.78 is 0. The predicted octanol–water partition coefficient (Wildman–Crippen LogP) is 4.00. The van der Waals surface area contributed by atoms with Crippen LogP contribution in [0.2, 0.25) is 0 Å². The molecule has 0 saturated heterocycles. The van der Waals surface area contributed by atoms with Crippen molar-refractivity contribution in [3.05, 3.63) is 41.0 Å². The highest BCUT2D eigenvalue weighted by molar-refractivity contribution is 5.54. The van der Waals surface area contributed by atoms with Gasteiger partial charge < -0.3 is 5.32 Å². The molecule has 0 bridgehead atoms. The third kappa shape index (κ3) is 4.01. The van der Waals surface area contributed by atoms with Crippen LogP contribution in [0.5, 0.6) is 0 Å². The van der Waals surface area contributed by atoms with Crippen LogP contribution in [0.15, 0.2) is 29.8 Å². The maximum atomic E-state index is 3.25. The van der Waals surface area contributed by atoms with Gasteiger partial charge in [0, 0.05) is 6.04 Å². The molecule has 0 aliphatic carbocycles. The average molecular weight is 231 g/mol. The van der Waals surface area contributed by atoms with E-state index in [2.05, 4.69) is 70.3 Å². The van der Waals surface area contributed by atoms with Gasteiger partial charge in [0.15, 0.2) is 0 Å². The minimum atomic E-state index is 0.232. The molecule has 1 heteroatoms. The molecule has 17 heavy (non-hydrogen) atoms. The van der Waals surface area contributed by atoms with E-state index >= 15 is 0 Å². The lowest BCUT2D eigenvalue weighted by Crippen LogP contribution is -2.21. The van der Waals surface area contributed by atoms with E-state index in [0.29, 0.717) is 6.04 Å². The van der Waals surface area contributed by atoms with E-state index < -0.39 is 0 Å². The largest absolute Gasteiger partial charge is 0.314 e. The van der Waals surface area contributed by atoms with Gasteiger partial charge in [0.1, 0.15) is 0 Å². The maximum absolute atomic E-state index is 3.25. The number of hydrogen-bond acceptors (Lipinski definition) is 1. The van der Waals surface area contributed by atoms with Crippen LogP contribution < -0.4 is 5.32 Å². The van der Waals surface area contributed by atoms with Crippen molar-refractivity contribution >= 4 is 6.08 Å². The van der Waals surface area contributed by atoms with Crippen molar-refractivity contribution in [3.8, 4) is 0 Å². The Hall–Kier alpha value is -1.08. The van der Waals surface area contributed by atoms with Crippen LogP contribution in [-0.4, -0.2) is 13.1 Å². The zero-order valence-electron chi connectivity index (χ0n) is 12.0. The quantitative estimate of drug-likeness (QED) is 0.829. The van der Waals surface area contributed by atoms with E-state index in [4.69, 9.17) is 0 Å². The van der Waals surface area contributed by atoms with Crippen molar-refractivity contribution in [1.82, 2.24) is 5.32 Å². The molecule has 0 fully saturated rings. The summed E-state index contributed by atoms with van der Waals surface area (Å²) in [6, 6.07) is 9.28. The second-order valence-corrected chi connectivity index (χ2v) is 5.77. The Labute approximate surface area is 106 Å². The Morgan fingerprint density at radius 3 is 2.12 bits per heavy atom. The molecule has 1 aromatic carbocycles. The molecule has 0 amide bonds. The fraction of sp³-hybridized carbons (Fsp3) is 0.500. The fourth-order valence-corrected chi connectivity index (χ4v) is 1.69. The van der Waals surface area contributed by atoms with E-state index in [-0.39, 0.29) is 5.41 Å². The summed E-state index contributed by atoms with van der Waals surface area (Å²) in [6.45, 7) is 11.1. The van der Waals surface area contributed by atoms with Crippen LogP contribution in [0.1, 0.15) is 45.7 Å². The molecule has 0 aromatic heterocycles. The summed E-state index contributed by atoms with van der Waals surface area (Å²) >= 11 is 0. The topological polar surface area (TPSA) is 12.0 Å². The molecule has 1 unspecified atom stereocenters. The van der Waals surface area contributed by atoms with Gasteiger partial charge in [0.2, 0.25) is 0 Å². The van der Waals surface area contributed by atoms with Crippen LogP contribution in [0.4, 0.5) is 0 Å². The van der Waals surface area contributed by atoms with E-state index in [0.717, 1.165) is 0 Å². The van der Waals surface area contributed by atoms with Gasteiger partial charge in [-0.1, -0.05) is 56.7 Å². The molecule has 0 spiro atoms. The molecule has 1 aromatic rings. The zero-order chi connectivity index (χ0) is 13.1. The van der Waals surface area contributed by atoms with E-state index in [1.54, 1.807) is 0 Å². The molecular formula is C16H25N. The Morgan fingerprint density at radius 1 is 1.18 bits per heavy atom. The normalized spacial score (nSPS) is 14.8. The van der Waals surface area contributed by atoms with Crippen molar-refractivity contribution < 1.29 is 0 Å². The van der Waals surface area contributed by atoms with Gasteiger partial charge in [-0.05, 0) is 37.4 Å².